The van der Waals surface area contributed by atoms with Crippen LogP contribution in [0.25, 0.3) is 0 Å². The predicted molar refractivity (Wildman–Crippen MR) is 56.3 cm³/mol. The van der Waals surface area contributed by atoms with Crippen molar-refractivity contribution in [3.05, 3.63) is 0 Å². The summed E-state index contributed by atoms with van der Waals surface area (Å²) in [4.78, 5) is 0. The maximum Gasteiger partial charge on any atom is 0.0742 e. The van der Waals surface area contributed by atoms with E-state index < -0.39 is 6.10 Å². The van der Waals surface area contributed by atoms with Crippen molar-refractivity contribution in [3.63, 3.8) is 0 Å². The van der Waals surface area contributed by atoms with E-state index in [9.17, 15) is 0 Å². The molecule has 6 heteroatoms. The molecule has 15 heavy (non-hydrogen) atoms. The Balaban J connectivity index is -0.000000147. The first kappa shape index (κ1) is 20.2. The topological polar surface area (TPSA) is 121 Å². The average Bonchev–Trinajstić information content (AvgIpc) is 2.19. The van der Waals surface area contributed by atoms with Gasteiger partial charge in [-0.05, 0) is 20.3 Å². The molecule has 0 bridgehead atoms. The Kier molecular flexibility index (Phi) is 26.1. The molecule has 0 aromatic rings. The molecule has 2 atom stereocenters. The van der Waals surface area contributed by atoms with Crippen LogP contribution in [-0.4, -0.2) is 69.3 Å². The molecule has 0 saturated heterocycles. The summed E-state index contributed by atoms with van der Waals surface area (Å²) < 4.78 is 0. The van der Waals surface area contributed by atoms with Crippen LogP contribution in [0.5, 0.6) is 0 Å². The van der Waals surface area contributed by atoms with Gasteiger partial charge < -0.3 is 30.6 Å². The monoisotopic (exact) mass is 228 g/mol. The van der Waals surface area contributed by atoms with Crippen LogP contribution in [-0.2, 0) is 0 Å². The highest BCUT2D eigenvalue weighted by atomic mass is 16.3. The zero-order valence-corrected chi connectivity index (χ0v) is 9.37. The maximum atomic E-state index is 8.39. The average molecular weight is 228 g/mol. The summed E-state index contributed by atoms with van der Waals surface area (Å²) >= 11 is 0. The van der Waals surface area contributed by atoms with E-state index >= 15 is 0 Å². The van der Waals surface area contributed by atoms with Crippen LogP contribution in [0.3, 0.4) is 0 Å². The molecule has 6 nitrogen and oxygen atoms in total. The second kappa shape index (κ2) is 19.4. The first-order valence-electron chi connectivity index (χ1n) is 4.75. The summed E-state index contributed by atoms with van der Waals surface area (Å²) in [5.41, 5.74) is 0. The normalized spacial score (nSPS) is 12.8. The maximum absolute atomic E-state index is 8.39. The highest BCUT2D eigenvalue weighted by molar-refractivity contribution is 4.40. The lowest BCUT2D eigenvalue weighted by atomic mass is 10.3. The van der Waals surface area contributed by atoms with Crippen LogP contribution in [0.1, 0.15) is 20.3 Å². The molecule has 0 aromatic carbocycles. The van der Waals surface area contributed by atoms with E-state index in [0.717, 1.165) is 0 Å². The van der Waals surface area contributed by atoms with Gasteiger partial charge in [-0.25, -0.2) is 0 Å². The minimum atomic E-state index is -0.560. The van der Waals surface area contributed by atoms with Crippen molar-refractivity contribution >= 4 is 0 Å². The Bertz CT molecular complexity index is 84.7. The van der Waals surface area contributed by atoms with Crippen LogP contribution in [0.2, 0.25) is 0 Å². The number of hydrogen-bond donors (Lipinski definition) is 6. The Morgan fingerprint density at radius 1 is 0.733 bits per heavy atom. The van der Waals surface area contributed by atoms with Crippen LogP contribution in [0.4, 0.5) is 0 Å². The molecule has 0 heterocycles. The molecular formula is C9H24O6. The summed E-state index contributed by atoms with van der Waals surface area (Å²) in [6, 6.07) is 0. The van der Waals surface area contributed by atoms with Crippen LogP contribution >= 0.6 is 0 Å². The summed E-state index contributed by atoms with van der Waals surface area (Å²) in [6.07, 6.45) is -0.426. The third kappa shape index (κ3) is 57.4. The Morgan fingerprint density at radius 3 is 1.07 bits per heavy atom. The predicted octanol–water partition coefficient (Wildman–Crippen LogP) is -1.92. The second-order valence-corrected chi connectivity index (χ2v) is 2.84. The number of aliphatic hydroxyl groups is 6. The van der Waals surface area contributed by atoms with Gasteiger partial charge in [0.2, 0.25) is 0 Å². The molecule has 6 N–H and O–H groups in total. The van der Waals surface area contributed by atoms with Gasteiger partial charge in [-0.1, -0.05) is 0 Å². The Morgan fingerprint density at radius 2 is 1.07 bits per heavy atom. The third-order valence-corrected chi connectivity index (χ3v) is 0.911. The summed E-state index contributed by atoms with van der Waals surface area (Å²) in [6.45, 7) is 2.87. The molecule has 0 radical (unpaired) electrons. The molecule has 0 aromatic heterocycles. The standard InChI is InChI=1S/C4H10O2.C3H8O2.C2H6O2/c1-4(6)2-3-5;1-3(5)2-4;3-1-2-4/h4-6H,2-3H2,1H3;3-5H,2H2,1H3;3-4H,1-2H2. The fraction of sp³-hybridized carbons (Fsp3) is 1.00. The number of aliphatic hydroxyl groups excluding tert-OH is 6. The van der Waals surface area contributed by atoms with E-state index in [-0.39, 0.29) is 32.5 Å². The van der Waals surface area contributed by atoms with E-state index in [1.54, 1.807) is 6.92 Å². The van der Waals surface area contributed by atoms with E-state index in [1.165, 1.54) is 6.92 Å². The molecule has 0 fully saturated rings. The highest BCUT2D eigenvalue weighted by Gasteiger charge is 1.88. The second-order valence-electron chi connectivity index (χ2n) is 2.84. The van der Waals surface area contributed by atoms with Gasteiger partial charge in [0.25, 0.3) is 0 Å². The van der Waals surface area contributed by atoms with E-state index in [2.05, 4.69) is 0 Å². The van der Waals surface area contributed by atoms with Crippen molar-refractivity contribution in [2.45, 2.75) is 32.5 Å². The van der Waals surface area contributed by atoms with Gasteiger partial charge in [0.05, 0.1) is 32.0 Å². The molecule has 0 saturated carbocycles. The van der Waals surface area contributed by atoms with Crippen molar-refractivity contribution in [2.75, 3.05) is 26.4 Å². The first-order valence-corrected chi connectivity index (χ1v) is 4.75. The van der Waals surface area contributed by atoms with Gasteiger partial charge in [-0.15, -0.1) is 0 Å². The van der Waals surface area contributed by atoms with Crippen molar-refractivity contribution < 1.29 is 30.6 Å². The molecule has 0 spiro atoms. The minimum absolute atomic E-state index is 0.0810. The summed E-state index contributed by atoms with van der Waals surface area (Å²) in [5, 5.41) is 47.7. The molecule has 0 rings (SSSR count). The Labute approximate surface area is 90.4 Å². The quantitative estimate of drug-likeness (QED) is 0.333. The van der Waals surface area contributed by atoms with Crippen molar-refractivity contribution in [3.8, 4) is 0 Å². The third-order valence-electron chi connectivity index (χ3n) is 0.911. The van der Waals surface area contributed by atoms with Crippen LogP contribution in [0, 0.1) is 0 Å². The molecule has 0 amide bonds. The van der Waals surface area contributed by atoms with Gasteiger partial charge >= 0.3 is 0 Å². The lowest BCUT2D eigenvalue weighted by molar-refractivity contribution is 0.110. The van der Waals surface area contributed by atoms with Crippen molar-refractivity contribution in [1.82, 2.24) is 0 Å². The van der Waals surface area contributed by atoms with Gasteiger partial charge in [0.1, 0.15) is 0 Å². The molecular weight excluding hydrogens is 204 g/mol. The minimum Gasteiger partial charge on any atom is -0.396 e. The molecule has 0 aliphatic carbocycles. The summed E-state index contributed by atoms with van der Waals surface area (Å²) in [5.74, 6) is 0. The fourth-order valence-electron chi connectivity index (χ4n) is 0.187. The van der Waals surface area contributed by atoms with E-state index in [4.69, 9.17) is 30.6 Å². The smallest absolute Gasteiger partial charge is 0.0742 e. The van der Waals surface area contributed by atoms with Crippen LogP contribution < -0.4 is 0 Å². The zero-order chi connectivity index (χ0) is 12.7. The molecule has 2 unspecified atom stereocenters. The van der Waals surface area contributed by atoms with E-state index in [1.807, 2.05) is 0 Å². The molecule has 96 valence electrons. The van der Waals surface area contributed by atoms with Gasteiger partial charge in [-0.2, -0.15) is 0 Å². The lowest BCUT2D eigenvalue weighted by Crippen LogP contribution is -2.03. The Hall–Kier alpha value is -0.240. The fourth-order valence-corrected chi connectivity index (χ4v) is 0.187. The first-order chi connectivity index (χ1) is 6.95. The highest BCUT2D eigenvalue weighted by Crippen LogP contribution is 1.83. The molecule has 0 aliphatic rings. The zero-order valence-electron chi connectivity index (χ0n) is 9.37. The lowest BCUT2D eigenvalue weighted by Gasteiger charge is -1.95. The van der Waals surface area contributed by atoms with E-state index in [0.29, 0.717) is 6.42 Å². The number of rotatable bonds is 4. The van der Waals surface area contributed by atoms with Gasteiger partial charge in [-0.3, -0.25) is 0 Å². The number of hydrogen-bond acceptors (Lipinski definition) is 6. The SMILES string of the molecule is CC(O)CCO.CC(O)CO.OCCO. The van der Waals surface area contributed by atoms with Gasteiger partial charge in [0.15, 0.2) is 0 Å². The summed E-state index contributed by atoms with van der Waals surface area (Å²) in [7, 11) is 0. The largest absolute Gasteiger partial charge is 0.396 e. The van der Waals surface area contributed by atoms with Crippen molar-refractivity contribution in [1.29, 1.82) is 0 Å². The molecule has 0 aliphatic heterocycles. The van der Waals surface area contributed by atoms with Crippen molar-refractivity contribution in [2.24, 2.45) is 0 Å². The van der Waals surface area contributed by atoms with Crippen LogP contribution in [0.15, 0.2) is 0 Å². The van der Waals surface area contributed by atoms with Gasteiger partial charge in [0, 0.05) is 6.61 Å².